The number of nitrogens with zero attached hydrogens (tertiary/aromatic N) is 2. The molecule has 5 nitrogen and oxygen atoms in total. The molecule has 2 aromatic rings. The maximum atomic E-state index is 11.5. The normalized spacial score (nSPS) is 11.7. The lowest BCUT2D eigenvalue weighted by Crippen LogP contribution is -1.99. The zero-order valence-corrected chi connectivity index (χ0v) is 11.3. The molecule has 1 aromatic carbocycles. The van der Waals surface area contributed by atoms with Gasteiger partial charge in [0, 0.05) is 24.9 Å². The second-order valence-corrected chi connectivity index (χ2v) is 6.34. The van der Waals surface area contributed by atoms with Gasteiger partial charge in [-0.1, -0.05) is 6.07 Å². The Kier molecular flexibility index (Phi) is 2.90. The van der Waals surface area contributed by atoms with Gasteiger partial charge >= 0.3 is 0 Å². The van der Waals surface area contributed by atoms with Crippen molar-refractivity contribution in [1.82, 2.24) is 9.78 Å². The number of nitrogen functional groups attached to an aromatic ring is 1. The van der Waals surface area contributed by atoms with E-state index in [1.807, 2.05) is 6.92 Å². The highest BCUT2D eigenvalue weighted by Gasteiger charge is 2.13. The standard InChI is InChI=1S/C12H15N3O2S/c1-8-4-5-9(18(3,16)17)6-10(8)11-7-12(13)15(2)14-11/h4-7H,13H2,1-3H3. The highest BCUT2D eigenvalue weighted by Crippen LogP contribution is 2.26. The highest BCUT2D eigenvalue weighted by molar-refractivity contribution is 7.90. The molecular formula is C12H15N3O2S. The monoisotopic (exact) mass is 265 g/mol. The van der Waals surface area contributed by atoms with Crippen molar-refractivity contribution in [3.8, 4) is 11.3 Å². The van der Waals surface area contributed by atoms with Crippen LogP contribution in [0.1, 0.15) is 5.56 Å². The first kappa shape index (κ1) is 12.6. The molecule has 0 spiro atoms. The molecule has 0 amide bonds. The summed E-state index contributed by atoms with van der Waals surface area (Å²) < 4.78 is 24.7. The SMILES string of the molecule is Cc1ccc(S(C)(=O)=O)cc1-c1cc(N)n(C)n1. The van der Waals surface area contributed by atoms with Crippen LogP contribution in [0.4, 0.5) is 5.82 Å². The third-order valence-corrected chi connectivity index (χ3v) is 3.94. The molecule has 18 heavy (non-hydrogen) atoms. The van der Waals surface area contributed by atoms with Gasteiger partial charge in [0.15, 0.2) is 9.84 Å². The maximum absolute atomic E-state index is 11.5. The Balaban J connectivity index is 2.64. The first-order chi connectivity index (χ1) is 8.29. The Morgan fingerprint density at radius 1 is 1.28 bits per heavy atom. The number of aryl methyl sites for hydroxylation is 2. The molecule has 0 unspecified atom stereocenters. The predicted molar refractivity (Wildman–Crippen MR) is 70.9 cm³/mol. The fourth-order valence-electron chi connectivity index (χ4n) is 1.72. The summed E-state index contributed by atoms with van der Waals surface area (Å²) in [5.41, 5.74) is 8.15. The molecule has 0 radical (unpaired) electrons. The third kappa shape index (κ3) is 2.24. The molecule has 6 heteroatoms. The Morgan fingerprint density at radius 2 is 1.94 bits per heavy atom. The molecule has 96 valence electrons. The number of nitrogens with two attached hydrogens (primary N) is 1. The molecular weight excluding hydrogens is 250 g/mol. The fourth-order valence-corrected chi connectivity index (χ4v) is 2.37. The van der Waals surface area contributed by atoms with E-state index in [-0.39, 0.29) is 4.90 Å². The molecule has 2 rings (SSSR count). The van der Waals surface area contributed by atoms with E-state index in [9.17, 15) is 8.42 Å². The van der Waals surface area contributed by atoms with Crippen molar-refractivity contribution in [3.05, 3.63) is 29.8 Å². The van der Waals surface area contributed by atoms with Gasteiger partial charge in [0.05, 0.1) is 10.6 Å². The van der Waals surface area contributed by atoms with E-state index in [2.05, 4.69) is 5.10 Å². The van der Waals surface area contributed by atoms with Crippen molar-refractivity contribution in [1.29, 1.82) is 0 Å². The van der Waals surface area contributed by atoms with Crippen molar-refractivity contribution >= 4 is 15.7 Å². The second kappa shape index (κ2) is 4.13. The van der Waals surface area contributed by atoms with Gasteiger partial charge in [0.2, 0.25) is 0 Å². The van der Waals surface area contributed by atoms with Crippen LogP contribution in [0.25, 0.3) is 11.3 Å². The van der Waals surface area contributed by atoms with Crippen LogP contribution in [-0.2, 0) is 16.9 Å². The first-order valence-electron chi connectivity index (χ1n) is 5.39. The van der Waals surface area contributed by atoms with Gasteiger partial charge in [-0.05, 0) is 24.6 Å². The Hall–Kier alpha value is -1.82. The van der Waals surface area contributed by atoms with E-state index in [1.165, 1.54) is 6.26 Å². The number of anilines is 1. The minimum Gasteiger partial charge on any atom is -0.384 e. The molecule has 0 aliphatic rings. The summed E-state index contributed by atoms with van der Waals surface area (Å²) in [5.74, 6) is 0.536. The van der Waals surface area contributed by atoms with Crippen molar-refractivity contribution < 1.29 is 8.42 Å². The number of aromatic nitrogens is 2. The highest BCUT2D eigenvalue weighted by atomic mass is 32.2. The van der Waals surface area contributed by atoms with Gasteiger partial charge in [0.1, 0.15) is 5.82 Å². The number of hydrogen-bond acceptors (Lipinski definition) is 4. The minimum absolute atomic E-state index is 0.285. The van der Waals surface area contributed by atoms with E-state index in [1.54, 1.807) is 36.0 Å². The average molecular weight is 265 g/mol. The zero-order valence-electron chi connectivity index (χ0n) is 10.5. The quantitative estimate of drug-likeness (QED) is 0.889. The smallest absolute Gasteiger partial charge is 0.175 e. The largest absolute Gasteiger partial charge is 0.384 e. The summed E-state index contributed by atoms with van der Waals surface area (Å²) in [6.45, 7) is 1.91. The Bertz CT molecular complexity index is 683. The number of sulfone groups is 1. The molecule has 2 N–H and O–H groups in total. The van der Waals surface area contributed by atoms with E-state index < -0.39 is 9.84 Å². The number of benzene rings is 1. The van der Waals surface area contributed by atoms with Crippen LogP contribution in [-0.4, -0.2) is 24.5 Å². The van der Waals surface area contributed by atoms with Gasteiger partial charge < -0.3 is 5.73 Å². The molecule has 0 aliphatic carbocycles. The van der Waals surface area contributed by atoms with Crippen LogP contribution in [0, 0.1) is 6.92 Å². The lowest BCUT2D eigenvalue weighted by molar-refractivity contribution is 0.602. The minimum atomic E-state index is -3.22. The van der Waals surface area contributed by atoms with E-state index in [0.717, 1.165) is 11.1 Å². The molecule has 1 heterocycles. The predicted octanol–water partition coefficient (Wildman–Crippen LogP) is 1.38. The molecule has 1 aromatic heterocycles. The Labute approximate surface area is 106 Å². The number of rotatable bonds is 2. The van der Waals surface area contributed by atoms with E-state index >= 15 is 0 Å². The van der Waals surface area contributed by atoms with Crippen LogP contribution in [0.2, 0.25) is 0 Å². The van der Waals surface area contributed by atoms with Crippen LogP contribution >= 0.6 is 0 Å². The topological polar surface area (TPSA) is 78.0 Å². The summed E-state index contributed by atoms with van der Waals surface area (Å²) in [4.78, 5) is 0.285. The van der Waals surface area contributed by atoms with Gasteiger partial charge in [-0.25, -0.2) is 8.42 Å². The van der Waals surface area contributed by atoms with Crippen LogP contribution in [0.15, 0.2) is 29.2 Å². The van der Waals surface area contributed by atoms with Crippen LogP contribution in [0.5, 0.6) is 0 Å². The van der Waals surface area contributed by atoms with Gasteiger partial charge in [-0.3, -0.25) is 4.68 Å². The summed E-state index contributed by atoms with van der Waals surface area (Å²) in [7, 11) is -1.47. The average Bonchev–Trinajstić information content (AvgIpc) is 2.58. The van der Waals surface area contributed by atoms with Crippen molar-refractivity contribution in [2.45, 2.75) is 11.8 Å². The van der Waals surface area contributed by atoms with Crippen molar-refractivity contribution in [2.75, 3.05) is 12.0 Å². The molecule has 0 fully saturated rings. The number of hydrogen-bond donors (Lipinski definition) is 1. The van der Waals surface area contributed by atoms with E-state index in [4.69, 9.17) is 5.73 Å². The molecule has 0 bridgehead atoms. The van der Waals surface area contributed by atoms with Gasteiger partial charge in [0.25, 0.3) is 0 Å². The lowest BCUT2D eigenvalue weighted by Gasteiger charge is -2.05. The third-order valence-electron chi connectivity index (χ3n) is 2.83. The molecule has 0 atom stereocenters. The summed E-state index contributed by atoms with van der Waals surface area (Å²) in [6, 6.07) is 6.73. The van der Waals surface area contributed by atoms with Crippen LogP contribution in [0.3, 0.4) is 0 Å². The molecule has 0 saturated carbocycles. The second-order valence-electron chi connectivity index (χ2n) is 4.33. The Morgan fingerprint density at radius 3 is 2.44 bits per heavy atom. The molecule has 0 aliphatic heterocycles. The lowest BCUT2D eigenvalue weighted by atomic mass is 10.1. The summed E-state index contributed by atoms with van der Waals surface area (Å²) in [6.07, 6.45) is 1.19. The maximum Gasteiger partial charge on any atom is 0.175 e. The molecule has 0 saturated heterocycles. The first-order valence-corrected chi connectivity index (χ1v) is 7.29. The van der Waals surface area contributed by atoms with E-state index in [0.29, 0.717) is 11.5 Å². The van der Waals surface area contributed by atoms with Crippen molar-refractivity contribution in [2.24, 2.45) is 7.05 Å². The zero-order chi connectivity index (χ0) is 13.5. The van der Waals surface area contributed by atoms with Crippen LogP contribution < -0.4 is 5.73 Å². The van der Waals surface area contributed by atoms with Gasteiger partial charge in [-0.2, -0.15) is 5.10 Å². The van der Waals surface area contributed by atoms with Gasteiger partial charge in [-0.15, -0.1) is 0 Å². The van der Waals surface area contributed by atoms with Crippen molar-refractivity contribution in [3.63, 3.8) is 0 Å². The summed E-state index contributed by atoms with van der Waals surface area (Å²) in [5, 5.41) is 4.26. The summed E-state index contributed by atoms with van der Waals surface area (Å²) >= 11 is 0. The fraction of sp³-hybridized carbons (Fsp3) is 0.250.